The summed E-state index contributed by atoms with van der Waals surface area (Å²) in [7, 11) is 0. The van der Waals surface area contributed by atoms with E-state index in [9.17, 15) is 9.59 Å². The summed E-state index contributed by atoms with van der Waals surface area (Å²) >= 11 is 2.66. The molecule has 3 aromatic rings. The minimum Gasteiger partial charge on any atom is -0.486 e. The number of hydrogen-bond acceptors (Lipinski definition) is 7. The van der Waals surface area contributed by atoms with Crippen LogP contribution in [0.2, 0.25) is 0 Å². The predicted octanol–water partition coefficient (Wildman–Crippen LogP) is 3.16. The van der Waals surface area contributed by atoms with Gasteiger partial charge in [0.15, 0.2) is 5.82 Å². The molecule has 2 amide bonds. The van der Waals surface area contributed by atoms with E-state index in [0.29, 0.717) is 18.9 Å². The fourth-order valence-corrected chi connectivity index (χ4v) is 4.61. The summed E-state index contributed by atoms with van der Waals surface area (Å²) in [5.74, 6) is 1.17. The second-order valence-electron chi connectivity index (χ2n) is 5.45. The minimum atomic E-state index is -0.341. The lowest BCUT2D eigenvalue weighted by Gasteiger charge is -2.04. The van der Waals surface area contributed by atoms with Crippen molar-refractivity contribution in [3.05, 3.63) is 53.4 Å². The van der Waals surface area contributed by atoms with Gasteiger partial charge in [0, 0.05) is 28.4 Å². The number of hydrogen-bond donors (Lipinski definition) is 1. The molecule has 8 heteroatoms. The highest BCUT2D eigenvalue weighted by molar-refractivity contribution is 8.15. The van der Waals surface area contributed by atoms with Crippen LogP contribution >= 0.6 is 23.1 Å². The van der Waals surface area contributed by atoms with Crippen LogP contribution in [0.5, 0.6) is 5.75 Å². The van der Waals surface area contributed by atoms with Crippen molar-refractivity contribution < 1.29 is 14.3 Å². The Labute approximate surface area is 151 Å². The van der Waals surface area contributed by atoms with E-state index >= 15 is 0 Å². The molecule has 2 aromatic heterocycles. The molecule has 126 valence electrons. The number of ether oxygens (including phenoxy) is 1. The number of amides is 2. The molecule has 0 saturated carbocycles. The molecule has 4 rings (SSSR count). The molecule has 1 fully saturated rings. The average molecular weight is 371 g/mol. The Bertz CT molecular complexity index is 943. The van der Waals surface area contributed by atoms with Crippen LogP contribution in [0, 0.1) is 0 Å². The van der Waals surface area contributed by atoms with Crippen LogP contribution in [0.3, 0.4) is 0 Å². The second kappa shape index (κ2) is 6.81. The van der Waals surface area contributed by atoms with Crippen molar-refractivity contribution in [1.82, 2.24) is 15.3 Å². The molecule has 1 aromatic carbocycles. The zero-order valence-electron chi connectivity index (χ0n) is 13.0. The third-order valence-electron chi connectivity index (χ3n) is 3.68. The van der Waals surface area contributed by atoms with E-state index in [-0.39, 0.29) is 16.4 Å². The van der Waals surface area contributed by atoms with Crippen molar-refractivity contribution >= 4 is 44.3 Å². The molecule has 1 aliphatic heterocycles. The normalized spacial score (nSPS) is 17.0. The summed E-state index contributed by atoms with van der Waals surface area (Å²) in [6.07, 6.45) is 3.92. The van der Waals surface area contributed by atoms with Crippen LogP contribution in [0.1, 0.15) is 10.7 Å². The van der Waals surface area contributed by atoms with Gasteiger partial charge < -0.3 is 4.74 Å². The number of aromatic nitrogens is 2. The fourth-order valence-electron chi connectivity index (χ4n) is 2.52. The monoisotopic (exact) mass is 371 g/mol. The first kappa shape index (κ1) is 16.0. The number of thioether (sulfide) groups is 1. The van der Waals surface area contributed by atoms with E-state index in [0.717, 1.165) is 32.5 Å². The van der Waals surface area contributed by atoms with Crippen molar-refractivity contribution in [3.63, 3.8) is 0 Å². The summed E-state index contributed by atoms with van der Waals surface area (Å²) in [5, 5.41) is 2.81. The summed E-state index contributed by atoms with van der Waals surface area (Å²) in [6, 6.07) is 9.69. The Morgan fingerprint density at radius 3 is 2.76 bits per heavy atom. The Hall–Kier alpha value is -2.45. The van der Waals surface area contributed by atoms with Crippen molar-refractivity contribution in [2.24, 2.45) is 0 Å². The van der Waals surface area contributed by atoms with Gasteiger partial charge in [-0.2, -0.15) is 0 Å². The molecule has 0 bridgehead atoms. The van der Waals surface area contributed by atoms with Gasteiger partial charge in [-0.05, 0) is 35.7 Å². The zero-order valence-corrected chi connectivity index (χ0v) is 14.6. The van der Waals surface area contributed by atoms with Crippen LogP contribution in [0.25, 0.3) is 10.1 Å². The molecule has 0 radical (unpaired) electrons. The minimum absolute atomic E-state index is 0.209. The van der Waals surface area contributed by atoms with Crippen LogP contribution < -0.4 is 10.1 Å². The number of imide groups is 1. The number of carbonyl (C=O) groups is 2. The first-order valence-corrected chi connectivity index (χ1v) is 9.29. The maximum Gasteiger partial charge on any atom is 0.286 e. The third-order valence-corrected chi connectivity index (χ3v) is 5.78. The summed E-state index contributed by atoms with van der Waals surface area (Å²) < 4.78 is 6.82. The van der Waals surface area contributed by atoms with Gasteiger partial charge in [0.25, 0.3) is 5.24 Å². The predicted molar refractivity (Wildman–Crippen MR) is 96.8 cm³/mol. The smallest absolute Gasteiger partial charge is 0.286 e. The topological polar surface area (TPSA) is 81.2 Å². The highest BCUT2D eigenvalue weighted by Gasteiger charge is 2.31. The number of nitrogens with one attached hydrogen (secondary N) is 1. The fraction of sp³-hybridized carbons (Fsp3) is 0.176. The van der Waals surface area contributed by atoms with Gasteiger partial charge >= 0.3 is 0 Å². The third kappa shape index (κ3) is 3.64. The van der Waals surface area contributed by atoms with Crippen LogP contribution in [0.15, 0.2) is 42.7 Å². The number of benzene rings is 1. The molecule has 0 spiro atoms. The van der Waals surface area contributed by atoms with E-state index < -0.39 is 0 Å². The number of rotatable bonds is 5. The Balaban J connectivity index is 1.47. The Morgan fingerprint density at radius 1 is 1.16 bits per heavy atom. The van der Waals surface area contributed by atoms with Crippen molar-refractivity contribution in [2.75, 3.05) is 0 Å². The molecule has 25 heavy (non-hydrogen) atoms. The number of nitrogens with zero attached hydrogens (tertiary/aromatic N) is 2. The van der Waals surface area contributed by atoms with Crippen LogP contribution in [-0.4, -0.2) is 26.4 Å². The Kier molecular flexibility index (Phi) is 4.37. The van der Waals surface area contributed by atoms with E-state index in [2.05, 4.69) is 21.4 Å². The SMILES string of the molecule is O=C1NC(=O)C(Cc2cc3ccc(OCc4ncccn4)cc3s2)S1. The molecule has 1 N–H and O–H groups in total. The van der Waals surface area contributed by atoms with E-state index in [1.54, 1.807) is 29.8 Å². The number of carbonyl (C=O) groups excluding carboxylic acids is 2. The average Bonchev–Trinajstić information content (AvgIpc) is 3.15. The van der Waals surface area contributed by atoms with Gasteiger partial charge in [0.1, 0.15) is 12.4 Å². The lowest BCUT2D eigenvalue weighted by atomic mass is 10.2. The summed E-state index contributed by atoms with van der Waals surface area (Å²) in [4.78, 5) is 32.3. The van der Waals surface area contributed by atoms with Crippen molar-refractivity contribution in [3.8, 4) is 5.75 Å². The molecule has 3 heterocycles. The second-order valence-corrected chi connectivity index (χ2v) is 7.80. The standard InChI is InChI=1S/C17H13N3O3S2/c21-16-14(25-17(22)20-16)8-12-6-10-2-3-11(7-13(10)24-12)23-9-15-18-4-1-5-19-15/h1-7,14H,8-9H2,(H,20,21,22). The summed E-state index contributed by atoms with van der Waals surface area (Å²) in [5.41, 5.74) is 0. The van der Waals surface area contributed by atoms with Crippen molar-refractivity contribution in [2.45, 2.75) is 18.3 Å². The van der Waals surface area contributed by atoms with E-state index in [4.69, 9.17) is 4.74 Å². The van der Waals surface area contributed by atoms with Gasteiger partial charge in [-0.15, -0.1) is 11.3 Å². The van der Waals surface area contributed by atoms with E-state index in [1.807, 2.05) is 18.2 Å². The summed E-state index contributed by atoms with van der Waals surface area (Å²) in [6.45, 7) is 0.311. The number of thiophene rings is 1. The Morgan fingerprint density at radius 2 is 2.00 bits per heavy atom. The highest BCUT2D eigenvalue weighted by atomic mass is 32.2. The van der Waals surface area contributed by atoms with Crippen molar-refractivity contribution in [1.29, 1.82) is 0 Å². The van der Waals surface area contributed by atoms with Gasteiger partial charge in [-0.3, -0.25) is 14.9 Å². The number of fused-ring (bicyclic) bond motifs is 1. The first-order chi connectivity index (χ1) is 12.2. The first-order valence-electron chi connectivity index (χ1n) is 7.60. The molecule has 0 aliphatic carbocycles. The van der Waals surface area contributed by atoms with Crippen LogP contribution in [-0.2, 0) is 17.8 Å². The van der Waals surface area contributed by atoms with Gasteiger partial charge in [-0.25, -0.2) is 9.97 Å². The zero-order chi connectivity index (χ0) is 17.2. The largest absolute Gasteiger partial charge is 0.486 e. The molecule has 1 aliphatic rings. The molecule has 6 nitrogen and oxygen atoms in total. The molecule has 1 saturated heterocycles. The lowest BCUT2D eigenvalue weighted by Crippen LogP contribution is -2.25. The molecule has 1 unspecified atom stereocenters. The maximum atomic E-state index is 11.7. The van der Waals surface area contributed by atoms with Crippen LogP contribution in [0.4, 0.5) is 4.79 Å². The van der Waals surface area contributed by atoms with Gasteiger partial charge in [0.2, 0.25) is 5.91 Å². The molecule has 1 atom stereocenters. The highest BCUT2D eigenvalue weighted by Crippen LogP contribution is 2.32. The molecular formula is C17H13N3O3S2. The maximum absolute atomic E-state index is 11.7. The van der Waals surface area contributed by atoms with Gasteiger partial charge in [-0.1, -0.05) is 11.8 Å². The lowest BCUT2D eigenvalue weighted by molar-refractivity contribution is -0.118. The van der Waals surface area contributed by atoms with E-state index in [1.165, 1.54) is 0 Å². The quantitative estimate of drug-likeness (QED) is 0.742. The molecular weight excluding hydrogens is 358 g/mol. The van der Waals surface area contributed by atoms with Gasteiger partial charge in [0.05, 0.1) is 5.25 Å².